The molecule has 0 amide bonds. The monoisotopic (exact) mass is 843 g/mol. The molecule has 2 aliphatic rings. The van der Waals surface area contributed by atoms with Gasteiger partial charge < -0.3 is 18.8 Å². The lowest BCUT2D eigenvalue weighted by Crippen LogP contribution is -2.58. The van der Waals surface area contributed by atoms with Gasteiger partial charge in [0, 0.05) is 50.2 Å². The lowest BCUT2D eigenvalue weighted by atomic mass is 9.34. The van der Waals surface area contributed by atoms with Crippen molar-refractivity contribution in [2.45, 2.75) is 78.6 Å². The Bertz CT molecular complexity index is 3540. The predicted octanol–water partition coefficient (Wildman–Crippen LogP) is 14.2. The summed E-state index contributed by atoms with van der Waals surface area (Å²) in [5.74, 6) is 1.83. The number of nitrogens with zero attached hydrogens (tertiary/aromatic N) is 3. The molecule has 2 aromatic heterocycles. The average Bonchev–Trinajstić information content (AvgIpc) is 3.81. The summed E-state index contributed by atoms with van der Waals surface area (Å²) in [5, 5.41) is 5.01. The van der Waals surface area contributed by atoms with Gasteiger partial charge >= 0.3 is 0 Å². The molecular weight excluding hydrogens is 789 g/mol. The Morgan fingerprint density at radius 1 is 0.431 bits per heavy atom. The topological polar surface area (TPSA) is 22.3 Å². The standard InChI is InChI=1S/C60H54BN3O/c1-58(2,3)37-27-29-50-45(31-37)46-32-39(60(7,8)9)34-48-56(46)64(50)52-35-42(36-54-55(52)61(48)47-33-38(59(4,5)6)28-30-53(47)65-54)63-49-25-17-16-23-43(49)44-24-18-26-51(57(44)63)62(40-19-12-10-13-20-40)41-21-14-11-15-22-41/h10-36H,1-9H3. The van der Waals surface area contributed by atoms with Crippen molar-refractivity contribution in [3.63, 3.8) is 0 Å². The van der Waals surface area contributed by atoms with Gasteiger partial charge in [-0.3, -0.25) is 0 Å². The molecule has 0 spiro atoms. The first-order chi connectivity index (χ1) is 31.1. The van der Waals surface area contributed by atoms with E-state index in [0.717, 1.165) is 45.3 Å². The van der Waals surface area contributed by atoms with Crippen LogP contribution in [0.4, 0.5) is 17.1 Å². The Kier molecular flexibility index (Phi) is 8.39. The van der Waals surface area contributed by atoms with Crippen LogP contribution < -0.4 is 26.0 Å². The predicted molar refractivity (Wildman–Crippen MR) is 277 cm³/mol. The van der Waals surface area contributed by atoms with Crippen molar-refractivity contribution < 1.29 is 4.74 Å². The minimum atomic E-state index is -0.0589. The molecule has 0 atom stereocenters. The highest BCUT2D eigenvalue weighted by Gasteiger charge is 2.42. The summed E-state index contributed by atoms with van der Waals surface area (Å²) in [7, 11) is 0. The second kappa shape index (κ2) is 13.8. The number of hydrogen-bond acceptors (Lipinski definition) is 2. The molecule has 5 heteroatoms. The van der Waals surface area contributed by atoms with E-state index >= 15 is 0 Å². The van der Waals surface area contributed by atoms with Crippen molar-refractivity contribution in [2.24, 2.45) is 0 Å². The summed E-state index contributed by atoms with van der Waals surface area (Å²) < 4.78 is 12.4. The van der Waals surface area contributed by atoms with Crippen LogP contribution in [0.25, 0.3) is 55.0 Å². The lowest BCUT2D eigenvalue weighted by Gasteiger charge is -2.35. The molecular formula is C60H54BN3O. The minimum absolute atomic E-state index is 0.00524. The highest BCUT2D eigenvalue weighted by Crippen LogP contribution is 2.46. The fourth-order valence-corrected chi connectivity index (χ4v) is 10.8. The van der Waals surface area contributed by atoms with Gasteiger partial charge in [0.05, 0.1) is 27.9 Å². The molecule has 4 heterocycles. The molecule has 0 fully saturated rings. The van der Waals surface area contributed by atoms with E-state index in [2.05, 4.69) is 240 Å². The zero-order valence-electron chi connectivity index (χ0n) is 38.9. The molecule has 8 aromatic carbocycles. The third kappa shape index (κ3) is 5.97. The number of benzene rings is 8. The second-order valence-corrected chi connectivity index (χ2v) is 21.5. The zero-order valence-corrected chi connectivity index (χ0v) is 38.9. The van der Waals surface area contributed by atoms with E-state index in [1.165, 1.54) is 71.3 Å². The zero-order chi connectivity index (χ0) is 44.7. The molecule has 0 unspecified atom stereocenters. The number of fused-ring (bicyclic) bond motifs is 10. The van der Waals surface area contributed by atoms with Gasteiger partial charge in [-0.1, -0.05) is 153 Å². The molecule has 2 aliphatic heterocycles. The van der Waals surface area contributed by atoms with Crippen LogP contribution in [-0.4, -0.2) is 15.8 Å². The van der Waals surface area contributed by atoms with Crippen LogP contribution in [0, 0.1) is 0 Å². The van der Waals surface area contributed by atoms with Gasteiger partial charge in [-0.2, -0.15) is 0 Å². The van der Waals surface area contributed by atoms with Crippen LogP contribution in [0.2, 0.25) is 0 Å². The first-order valence-corrected chi connectivity index (χ1v) is 23.2. The fourth-order valence-electron chi connectivity index (χ4n) is 10.8. The number of hydrogen-bond donors (Lipinski definition) is 0. The van der Waals surface area contributed by atoms with Crippen molar-refractivity contribution in [1.82, 2.24) is 9.13 Å². The maximum atomic E-state index is 7.29. The number of rotatable bonds is 4. The van der Waals surface area contributed by atoms with Gasteiger partial charge in [0.25, 0.3) is 6.71 Å². The van der Waals surface area contributed by atoms with E-state index in [-0.39, 0.29) is 23.0 Å². The summed E-state index contributed by atoms with van der Waals surface area (Å²) in [5.41, 5.74) is 18.0. The second-order valence-electron chi connectivity index (χ2n) is 21.5. The van der Waals surface area contributed by atoms with E-state index in [0.29, 0.717) is 0 Å². The maximum absolute atomic E-state index is 7.29. The first-order valence-electron chi connectivity index (χ1n) is 23.2. The van der Waals surface area contributed by atoms with E-state index in [9.17, 15) is 0 Å². The number of aromatic nitrogens is 2. The van der Waals surface area contributed by atoms with Crippen molar-refractivity contribution in [2.75, 3.05) is 4.90 Å². The summed E-state index contributed by atoms with van der Waals surface area (Å²) in [6.07, 6.45) is 0. The van der Waals surface area contributed by atoms with Crippen molar-refractivity contribution >= 4 is 83.8 Å². The molecule has 0 saturated carbocycles. The van der Waals surface area contributed by atoms with E-state index in [1.54, 1.807) is 0 Å². The molecule has 12 rings (SSSR count). The molecule has 0 N–H and O–H groups in total. The summed E-state index contributed by atoms with van der Waals surface area (Å²) in [4.78, 5) is 2.40. The molecule has 318 valence electrons. The SMILES string of the molecule is CC(C)(C)c1ccc2c(c1)B1c3c(cc(-n4c5ccccc5c5cccc(N(c6ccccc6)c6ccccc6)c54)cc3-n3c4ccc(C(C)(C)C)cc4c4cc(C(C)(C)C)cc1c43)O2. The number of anilines is 3. The summed E-state index contributed by atoms with van der Waals surface area (Å²) in [6, 6.07) is 61.0. The molecule has 0 radical (unpaired) electrons. The molecule has 4 nitrogen and oxygen atoms in total. The third-order valence-electron chi connectivity index (χ3n) is 14.2. The molecule has 0 aliphatic carbocycles. The van der Waals surface area contributed by atoms with Gasteiger partial charge in [-0.15, -0.1) is 0 Å². The van der Waals surface area contributed by atoms with Crippen molar-refractivity contribution in [1.29, 1.82) is 0 Å². The largest absolute Gasteiger partial charge is 0.458 e. The van der Waals surface area contributed by atoms with E-state index < -0.39 is 0 Å². The molecule has 10 aromatic rings. The van der Waals surface area contributed by atoms with Crippen LogP contribution in [0.15, 0.2) is 164 Å². The van der Waals surface area contributed by atoms with Gasteiger partial charge in [-0.05, 0) is 116 Å². The Hall–Kier alpha value is -6.98. The average molecular weight is 844 g/mol. The minimum Gasteiger partial charge on any atom is -0.458 e. The van der Waals surface area contributed by atoms with Crippen LogP contribution in [0.3, 0.4) is 0 Å². The number of ether oxygens (including phenoxy) is 1. The maximum Gasteiger partial charge on any atom is 0.256 e. The van der Waals surface area contributed by atoms with E-state index in [4.69, 9.17) is 4.74 Å². The Morgan fingerprint density at radius 2 is 1.02 bits per heavy atom. The first kappa shape index (κ1) is 39.6. The van der Waals surface area contributed by atoms with Crippen LogP contribution in [0.1, 0.15) is 79.0 Å². The Morgan fingerprint density at radius 3 is 1.71 bits per heavy atom. The van der Waals surface area contributed by atoms with Crippen molar-refractivity contribution in [3.05, 3.63) is 180 Å². The van der Waals surface area contributed by atoms with Gasteiger partial charge in [-0.25, -0.2) is 0 Å². The molecule has 0 bridgehead atoms. The highest BCUT2D eigenvalue weighted by atomic mass is 16.5. The van der Waals surface area contributed by atoms with Gasteiger partial charge in [0.2, 0.25) is 0 Å². The normalized spacial score (nSPS) is 13.4. The van der Waals surface area contributed by atoms with Crippen LogP contribution in [0.5, 0.6) is 11.5 Å². The third-order valence-corrected chi connectivity index (χ3v) is 14.2. The smallest absolute Gasteiger partial charge is 0.256 e. The van der Waals surface area contributed by atoms with Gasteiger partial charge in [0.15, 0.2) is 0 Å². The molecule has 65 heavy (non-hydrogen) atoms. The van der Waals surface area contributed by atoms with Crippen molar-refractivity contribution in [3.8, 4) is 22.9 Å². The van der Waals surface area contributed by atoms with Crippen LogP contribution in [-0.2, 0) is 16.2 Å². The highest BCUT2D eigenvalue weighted by molar-refractivity contribution is 6.99. The summed E-state index contributed by atoms with van der Waals surface area (Å²) in [6.45, 7) is 20.9. The van der Waals surface area contributed by atoms with E-state index in [1.807, 2.05) is 0 Å². The Labute approximate surface area is 382 Å². The fraction of sp³-hybridized carbons (Fsp3) is 0.200. The Balaban J connectivity index is 1.23. The quantitative estimate of drug-likeness (QED) is 0.165. The lowest BCUT2D eigenvalue weighted by molar-refractivity contribution is 0.486. The number of para-hydroxylation sites is 4. The van der Waals surface area contributed by atoms with Gasteiger partial charge in [0.1, 0.15) is 11.5 Å². The van der Waals surface area contributed by atoms with Crippen LogP contribution >= 0.6 is 0 Å². The molecule has 0 saturated heterocycles. The summed E-state index contributed by atoms with van der Waals surface area (Å²) >= 11 is 0.